The van der Waals surface area contributed by atoms with Gasteiger partial charge >= 0.3 is 18.2 Å². The van der Waals surface area contributed by atoms with Crippen molar-refractivity contribution in [2.45, 2.75) is 53.0 Å². The molecule has 6 aliphatic heterocycles. The highest BCUT2D eigenvalue weighted by atomic mass is 19.1. The molecule has 10 N–H and O–H groups in total. The molecule has 0 atom stereocenters. The van der Waals surface area contributed by atoms with Gasteiger partial charge in [0.05, 0.1) is 184 Å². The lowest BCUT2D eigenvalue weighted by molar-refractivity contribution is -0.116. The predicted octanol–water partition coefficient (Wildman–Crippen LogP) is 11.1. The quantitative estimate of drug-likeness (QED) is 0.0357. The van der Waals surface area contributed by atoms with Crippen molar-refractivity contribution in [3.63, 3.8) is 0 Å². The number of nitrogens with one attached hydrogen (secondary N) is 10. The number of aromatic amines is 6. The van der Waals surface area contributed by atoms with Crippen LogP contribution in [-0.2, 0) is 58.2 Å². The third kappa shape index (κ3) is 21.5. The summed E-state index contributed by atoms with van der Waals surface area (Å²) in [6.45, 7) is 17.6. The fourth-order valence-corrected chi connectivity index (χ4v) is 14.4. The van der Waals surface area contributed by atoms with Crippen LogP contribution in [0.1, 0.15) is 48.0 Å². The number of anilines is 12. The SMILES string of the molecule is CC(=O)N1CCN(Cc2cnc[nH]2)c2ccccc21.CCN(C(=O)NC)c1ccc2c(c1)N(Cc1cnc[nH]1)CCO2.COC(=O)N1CCN(Cc2cnc[nH]2)c2ccccc21.COC(=O)Nc1ccc2c(c1)N(CCc1cnc[nH]1)CCO2.O=CNc1cc(F)c2c(c1)N(Cc1cnc[nH]1)CCO2.c1ccc2c(c1)NCCN2Cc1cnc[nH]1. The van der Waals surface area contributed by atoms with Crippen molar-refractivity contribution >= 4 is 98.8 Å². The van der Waals surface area contributed by atoms with E-state index >= 15 is 0 Å². The number of urea groups is 1. The number of benzene rings is 6. The summed E-state index contributed by atoms with van der Waals surface area (Å²) >= 11 is 0. The molecule has 6 aliphatic rings. The number of aromatic nitrogens is 12. The van der Waals surface area contributed by atoms with E-state index in [1.807, 2.05) is 121 Å². The highest BCUT2D eigenvalue weighted by Crippen LogP contribution is 2.41. The van der Waals surface area contributed by atoms with Crippen molar-refractivity contribution in [3.05, 3.63) is 236 Å². The Hall–Kier alpha value is -14.7. The number of nitrogens with zero attached hydrogens (tertiary/aromatic N) is 15. The first kappa shape index (κ1) is 83.2. The molecule has 12 aromatic rings. The first-order valence-corrected chi connectivity index (χ1v) is 39.3. The van der Waals surface area contributed by atoms with Crippen LogP contribution in [0.2, 0.25) is 0 Å². The number of carbonyl (C=O) groups excluding carboxylic acids is 5. The molecule has 0 unspecified atom stereocenters. The summed E-state index contributed by atoms with van der Waals surface area (Å²) in [5.41, 5.74) is 17.3. The van der Waals surface area contributed by atoms with Crippen LogP contribution in [0.25, 0.3) is 0 Å². The Morgan fingerprint density at radius 2 is 0.950 bits per heavy atom. The molecule has 0 fully saturated rings. The number of rotatable bonds is 18. The minimum Gasteiger partial charge on any atom is -0.490 e. The Kier molecular flexibility index (Phi) is 28.6. The van der Waals surface area contributed by atoms with Gasteiger partial charge in [-0.15, -0.1) is 0 Å². The molecular formula is C84H98FN25O10. The summed E-state index contributed by atoms with van der Waals surface area (Å²) in [6, 6.07) is 38.5. The summed E-state index contributed by atoms with van der Waals surface area (Å²) in [6.07, 6.45) is 21.5. The number of hydrogen-bond acceptors (Lipinski definition) is 23. The lowest BCUT2D eigenvalue weighted by Crippen LogP contribution is -2.43. The van der Waals surface area contributed by atoms with E-state index in [2.05, 4.69) is 141 Å². The van der Waals surface area contributed by atoms with Gasteiger partial charge in [-0.3, -0.25) is 24.7 Å². The number of para-hydroxylation sites is 6. The maximum atomic E-state index is 14.0. The van der Waals surface area contributed by atoms with Gasteiger partial charge in [0.15, 0.2) is 11.6 Å². The van der Waals surface area contributed by atoms with Gasteiger partial charge in [-0.2, -0.15) is 0 Å². The van der Waals surface area contributed by atoms with Crippen LogP contribution < -0.4 is 79.6 Å². The fraction of sp³-hybridized carbons (Fsp3) is 0.298. The van der Waals surface area contributed by atoms with E-state index in [1.54, 1.807) is 80.1 Å². The van der Waals surface area contributed by atoms with Crippen molar-refractivity contribution in [2.24, 2.45) is 0 Å². The average molecular weight is 1640 g/mol. The molecule has 35 nitrogen and oxygen atoms in total. The zero-order valence-corrected chi connectivity index (χ0v) is 67.4. The molecule has 626 valence electrons. The lowest BCUT2D eigenvalue weighted by Gasteiger charge is -2.37. The Morgan fingerprint density at radius 3 is 1.46 bits per heavy atom. The highest BCUT2D eigenvalue weighted by molar-refractivity contribution is 5.97. The Balaban J connectivity index is 0.000000125. The molecule has 0 bridgehead atoms. The first-order valence-electron chi connectivity index (χ1n) is 39.3. The van der Waals surface area contributed by atoms with Crippen LogP contribution in [0.4, 0.5) is 87.0 Å². The van der Waals surface area contributed by atoms with E-state index in [-0.39, 0.29) is 23.8 Å². The summed E-state index contributed by atoms with van der Waals surface area (Å²) in [5.74, 6) is 1.49. The zero-order chi connectivity index (χ0) is 83.5. The third-order valence-corrected chi connectivity index (χ3v) is 20.3. The second-order valence-corrected chi connectivity index (χ2v) is 27.9. The van der Waals surface area contributed by atoms with Crippen molar-refractivity contribution in [2.75, 3.05) is 173 Å². The molecule has 0 radical (unpaired) electrons. The van der Waals surface area contributed by atoms with Gasteiger partial charge in [-0.05, 0) is 85.8 Å². The predicted molar refractivity (Wildman–Crippen MR) is 457 cm³/mol. The number of amides is 6. The minimum atomic E-state index is -0.485. The van der Waals surface area contributed by atoms with Crippen LogP contribution in [0.3, 0.4) is 0 Å². The molecule has 0 aliphatic carbocycles. The molecule has 6 aromatic heterocycles. The largest absolute Gasteiger partial charge is 0.490 e. The summed E-state index contributed by atoms with van der Waals surface area (Å²) < 4.78 is 40.2. The van der Waals surface area contributed by atoms with Gasteiger partial charge in [-0.25, -0.2) is 48.7 Å². The van der Waals surface area contributed by atoms with Crippen LogP contribution in [0.5, 0.6) is 17.2 Å². The standard InChI is InChI=1S/C16H21N5O2.C15H18N4O3.C14H16N4O2.C14H16N4O.C13H13FN4O2.C12H14N4/c1-3-21(16(22)17-2)13-4-5-15-14(8-13)20(6-7-23-15)10-12-9-18-11-19-12;1-21-15(20)18-11-2-3-14-13(8-11)19(6-7-22-14)5-4-12-9-16-10-17-12;1-20-14(19)18-7-6-17(9-11-8-15-10-16-11)12-4-2-3-5-13(12)18;1-11(19)18-7-6-17(9-12-8-15-10-16-12)13-4-2-3-5-14(13)18;14-11-3-9(17-8-19)4-12-13(11)20-2-1-18(12)6-10-5-15-7-16-10;1-2-4-12-11(3-1)14-5-6-16(12)8-10-7-13-9-15-10/h4-5,8-9,11H,3,6-7,10H2,1-2H3,(H,17,22)(H,18,19);2-3,8-10H,4-7H2,1H3,(H,16,17)(H,18,20);2-5,8,10H,6-7,9H2,1H3,(H,15,16);2-5,8,10H,6-7,9H2,1H3,(H,15,16);3-5,7-8H,1-2,6H2,(H,15,16)(H,17,19);1-4,7,9,14H,5-6,8H2,(H,13,15). The smallest absolute Gasteiger partial charge is 0.414 e. The van der Waals surface area contributed by atoms with Crippen LogP contribution >= 0.6 is 0 Å². The van der Waals surface area contributed by atoms with Crippen LogP contribution in [0, 0.1) is 5.82 Å². The van der Waals surface area contributed by atoms with E-state index in [0.29, 0.717) is 69.5 Å². The second-order valence-electron chi connectivity index (χ2n) is 27.9. The molecule has 0 spiro atoms. The summed E-state index contributed by atoms with van der Waals surface area (Å²) in [4.78, 5) is 119. The average Bonchev–Trinajstić information content (AvgIpc) is 0.987. The van der Waals surface area contributed by atoms with Gasteiger partial charge in [0.25, 0.3) is 0 Å². The highest BCUT2D eigenvalue weighted by Gasteiger charge is 2.30. The van der Waals surface area contributed by atoms with E-state index in [9.17, 15) is 28.4 Å². The normalized spacial score (nSPS) is 13.8. The number of H-pyrrole nitrogens is 6. The zero-order valence-electron chi connectivity index (χ0n) is 67.4. The van der Waals surface area contributed by atoms with Gasteiger partial charge in [0, 0.05) is 139 Å². The number of fused-ring (bicyclic) bond motifs is 6. The number of halogens is 1. The number of ether oxygens (including phenoxy) is 5. The van der Waals surface area contributed by atoms with Crippen LogP contribution in [0.15, 0.2) is 196 Å². The molecule has 6 aromatic carbocycles. The van der Waals surface area contributed by atoms with Gasteiger partial charge in [0.1, 0.15) is 31.3 Å². The van der Waals surface area contributed by atoms with Gasteiger partial charge in [0.2, 0.25) is 12.3 Å². The fourth-order valence-electron chi connectivity index (χ4n) is 14.4. The first-order chi connectivity index (χ1) is 58.7. The summed E-state index contributed by atoms with van der Waals surface area (Å²) in [5, 5.41) is 11.2. The van der Waals surface area contributed by atoms with E-state index in [4.69, 9.17) is 18.9 Å². The van der Waals surface area contributed by atoms with Crippen molar-refractivity contribution in [1.29, 1.82) is 0 Å². The topological polar surface area (TPSA) is 381 Å². The molecule has 0 saturated carbocycles. The molecular weight excluding hydrogens is 1540 g/mol. The number of imidazole rings is 6. The minimum absolute atomic E-state index is 0.0913. The number of hydrogen-bond donors (Lipinski definition) is 10. The van der Waals surface area contributed by atoms with Crippen molar-refractivity contribution in [3.8, 4) is 17.2 Å². The van der Waals surface area contributed by atoms with E-state index < -0.39 is 11.9 Å². The second kappa shape index (κ2) is 41.2. The Labute approximate surface area is 692 Å². The molecule has 12 heterocycles. The lowest BCUT2D eigenvalue weighted by atomic mass is 10.1. The molecule has 18 rings (SSSR count). The molecule has 6 amide bonds. The molecule has 36 heteroatoms. The maximum Gasteiger partial charge on any atom is 0.414 e. The van der Waals surface area contributed by atoms with E-state index in [1.165, 1.54) is 31.7 Å². The number of carbonyl (C=O) groups is 5. The maximum absolute atomic E-state index is 14.0. The van der Waals surface area contributed by atoms with Gasteiger partial charge in [-0.1, -0.05) is 36.4 Å². The van der Waals surface area contributed by atoms with Crippen molar-refractivity contribution in [1.82, 2.24) is 65.1 Å². The van der Waals surface area contributed by atoms with Crippen LogP contribution in [-0.4, -0.2) is 203 Å². The summed E-state index contributed by atoms with van der Waals surface area (Å²) in [7, 11) is 4.38. The van der Waals surface area contributed by atoms with E-state index in [0.717, 1.165) is 170 Å². The third-order valence-electron chi connectivity index (χ3n) is 20.3. The monoisotopic (exact) mass is 1640 g/mol. The number of methoxy groups -OCH3 is 2. The Morgan fingerprint density at radius 1 is 0.492 bits per heavy atom. The molecule has 0 saturated heterocycles. The Bertz CT molecular complexity index is 5240. The van der Waals surface area contributed by atoms with Gasteiger partial charge < -0.3 is 104 Å². The van der Waals surface area contributed by atoms with Crippen molar-refractivity contribution < 1.29 is 52.0 Å². The molecule has 120 heavy (non-hydrogen) atoms.